The number of hydrogen-bond acceptors (Lipinski definition) is 4. The molecule has 1 aromatic rings. The number of likely N-dealkylation sites (N-methyl/N-ethyl adjacent to an activating group) is 1. The first-order chi connectivity index (χ1) is 11.5. The van der Waals surface area contributed by atoms with Gasteiger partial charge in [-0.15, -0.1) is 0 Å². The number of benzene rings is 1. The van der Waals surface area contributed by atoms with Crippen molar-refractivity contribution in [1.29, 1.82) is 0 Å². The average Bonchev–Trinajstić information content (AvgIpc) is 2.56. The van der Waals surface area contributed by atoms with Crippen molar-refractivity contribution >= 4 is 5.91 Å². The molecule has 5 nitrogen and oxygen atoms in total. The average molecular weight is 332 g/mol. The third-order valence-corrected chi connectivity index (χ3v) is 4.80. The summed E-state index contributed by atoms with van der Waals surface area (Å²) in [6.45, 7) is 9.65. The number of nitrogens with one attached hydrogen (secondary N) is 1. The Labute approximate surface area is 146 Å². The van der Waals surface area contributed by atoms with Gasteiger partial charge in [-0.1, -0.05) is 30.3 Å². The molecule has 5 heteroatoms. The lowest BCUT2D eigenvalue weighted by molar-refractivity contribution is -0.122. The zero-order valence-electron chi connectivity index (χ0n) is 15.5. The van der Waals surface area contributed by atoms with Gasteiger partial charge in [0, 0.05) is 38.8 Å². The van der Waals surface area contributed by atoms with Gasteiger partial charge >= 0.3 is 0 Å². The van der Waals surface area contributed by atoms with Crippen LogP contribution in [-0.4, -0.2) is 80.0 Å². The second-order valence-corrected chi connectivity index (χ2v) is 7.10. The number of rotatable bonds is 7. The highest BCUT2D eigenvalue weighted by atomic mass is 16.2. The highest BCUT2D eigenvalue weighted by Crippen LogP contribution is 2.16. The second kappa shape index (κ2) is 9.16. The van der Waals surface area contributed by atoms with Crippen molar-refractivity contribution in [3.63, 3.8) is 0 Å². The fraction of sp³-hybridized carbons (Fsp3) is 0.632. The van der Waals surface area contributed by atoms with Crippen LogP contribution in [0.1, 0.15) is 25.5 Å². The van der Waals surface area contributed by atoms with Crippen molar-refractivity contribution in [3.05, 3.63) is 35.9 Å². The Morgan fingerprint density at radius 2 is 1.75 bits per heavy atom. The molecule has 1 heterocycles. The highest BCUT2D eigenvalue weighted by Gasteiger charge is 2.21. The lowest BCUT2D eigenvalue weighted by atomic mass is 10.1. The SMILES string of the molecule is CC(C)N1CCN(CC(=O)NCC(c2ccccc2)N(C)C)CC1. The van der Waals surface area contributed by atoms with E-state index in [2.05, 4.69) is 60.1 Å². The summed E-state index contributed by atoms with van der Waals surface area (Å²) in [5.74, 6) is 0.121. The fourth-order valence-corrected chi connectivity index (χ4v) is 3.18. The molecule has 134 valence electrons. The highest BCUT2D eigenvalue weighted by molar-refractivity contribution is 5.78. The molecule has 0 saturated carbocycles. The maximum absolute atomic E-state index is 12.3. The van der Waals surface area contributed by atoms with E-state index in [1.807, 2.05) is 18.2 Å². The normalized spacial score (nSPS) is 18.1. The maximum Gasteiger partial charge on any atom is 0.234 e. The molecular weight excluding hydrogens is 300 g/mol. The Morgan fingerprint density at radius 1 is 1.12 bits per heavy atom. The quantitative estimate of drug-likeness (QED) is 0.820. The van der Waals surface area contributed by atoms with Crippen LogP contribution in [0.4, 0.5) is 0 Å². The number of piperazine rings is 1. The Balaban J connectivity index is 1.78. The first kappa shape index (κ1) is 18.9. The van der Waals surface area contributed by atoms with Gasteiger partial charge in [-0.3, -0.25) is 14.6 Å². The topological polar surface area (TPSA) is 38.8 Å². The largest absolute Gasteiger partial charge is 0.353 e. The number of carbonyl (C=O) groups excluding carboxylic acids is 1. The van der Waals surface area contributed by atoms with Gasteiger partial charge in [0.15, 0.2) is 0 Å². The Morgan fingerprint density at radius 3 is 2.29 bits per heavy atom. The minimum Gasteiger partial charge on any atom is -0.353 e. The second-order valence-electron chi connectivity index (χ2n) is 7.10. The molecule has 1 N–H and O–H groups in total. The van der Waals surface area contributed by atoms with Crippen molar-refractivity contribution in [3.8, 4) is 0 Å². The molecule has 1 amide bonds. The smallest absolute Gasteiger partial charge is 0.234 e. The van der Waals surface area contributed by atoms with Gasteiger partial charge in [0.25, 0.3) is 0 Å². The van der Waals surface area contributed by atoms with Gasteiger partial charge < -0.3 is 10.2 Å². The van der Waals surface area contributed by atoms with Gasteiger partial charge in [0.1, 0.15) is 0 Å². The van der Waals surface area contributed by atoms with Gasteiger partial charge in [0.2, 0.25) is 5.91 Å². The molecule has 1 aromatic carbocycles. The van der Waals surface area contributed by atoms with Crippen LogP contribution in [0.15, 0.2) is 30.3 Å². The molecule has 1 unspecified atom stereocenters. The zero-order chi connectivity index (χ0) is 17.5. The predicted octanol–water partition coefficient (Wildman–Crippen LogP) is 1.43. The third-order valence-electron chi connectivity index (χ3n) is 4.80. The van der Waals surface area contributed by atoms with E-state index < -0.39 is 0 Å². The van der Waals surface area contributed by atoms with Gasteiger partial charge in [0.05, 0.1) is 12.6 Å². The Hall–Kier alpha value is -1.43. The number of hydrogen-bond donors (Lipinski definition) is 1. The van der Waals surface area contributed by atoms with Crippen LogP contribution in [0.5, 0.6) is 0 Å². The van der Waals surface area contributed by atoms with E-state index in [0.29, 0.717) is 19.1 Å². The summed E-state index contributed by atoms with van der Waals surface area (Å²) in [6, 6.07) is 11.1. The van der Waals surface area contributed by atoms with E-state index in [4.69, 9.17) is 0 Å². The number of carbonyl (C=O) groups is 1. The van der Waals surface area contributed by atoms with E-state index >= 15 is 0 Å². The van der Waals surface area contributed by atoms with E-state index in [1.165, 1.54) is 5.56 Å². The first-order valence-corrected chi connectivity index (χ1v) is 8.92. The van der Waals surface area contributed by atoms with Crippen LogP contribution in [0.25, 0.3) is 0 Å². The van der Waals surface area contributed by atoms with Crippen LogP contribution >= 0.6 is 0 Å². The lowest BCUT2D eigenvalue weighted by Gasteiger charge is -2.36. The van der Waals surface area contributed by atoms with Crippen LogP contribution in [-0.2, 0) is 4.79 Å². The fourth-order valence-electron chi connectivity index (χ4n) is 3.18. The molecule has 2 rings (SSSR count). The summed E-state index contributed by atoms with van der Waals surface area (Å²) < 4.78 is 0. The molecule has 0 radical (unpaired) electrons. The van der Waals surface area contributed by atoms with E-state index in [0.717, 1.165) is 26.2 Å². The lowest BCUT2D eigenvalue weighted by Crippen LogP contribution is -2.51. The van der Waals surface area contributed by atoms with Crippen molar-refractivity contribution < 1.29 is 4.79 Å². The molecule has 0 aromatic heterocycles. The molecule has 0 spiro atoms. The van der Waals surface area contributed by atoms with Gasteiger partial charge in [-0.05, 0) is 33.5 Å². The van der Waals surface area contributed by atoms with Crippen molar-refractivity contribution in [2.75, 3.05) is 53.4 Å². The first-order valence-electron chi connectivity index (χ1n) is 8.92. The molecule has 1 aliphatic heterocycles. The summed E-state index contributed by atoms with van der Waals surface area (Å²) in [5.41, 5.74) is 1.23. The van der Waals surface area contributed by atoms with E-state index in [9.17, 15) is 4.79 Å². The maximum atomic E-state index is 12.3. The summed E-state index contributed by atoms with van der Waals surface area (Å²) in [6.07, 6.45) is 0. The Kier molecular flexibility index (Phi) is 7.21. The minimum atomic E-state index is 0.121. The van der Waals surface area contributed by atoms with Crippen LogP contribution in [0.2, 0.25) is 0 Å². The third kappa shape index (κ3) is 5.58. The Bertz CT molecular complexity index is 495. The molecule has 1 fully saturated rings. The van der Waals surface area contributed by atoms with Crippen molar-refractivity contribution in [1.82, 2.24) is 20.0 Å². The molecule has 1 saturated heterocycles. The monoisotopic (exact) mass is 332 g/mol. The van der Waals surface area contributed by atoms with Crippen molar-refractivity contribution in [2.24, 2.45) is 0 Å². The number of amides is 1. The molecule has 1 aliphatic rings. The summed E-state index contributed by atoms with van der Waals surface area (Å²) >= 11 is 0. The predicted molar refractivity (Wildman–Crippen MR) is 99.0 cm³/mol. The number of nitrogens with zero attached hydrogens (tertiary/aromatic N) is 3. The van der Waals surface area contributed by atoms with Crippen LogP contribution in [0.3, 0.4) is 0 Å². The molecular formula is C19H32N4O. The minimum absolute atomic E-state index is 0.121. The molecule has 0 bridgehead atoms. The molecule has 1 atom stereocenters. The molecule has 24 heavy (non-hydrogen) atoms. The van der Waals surface area contributed by atoms with Crippen LogP contribution < -0.4 is 5.32 Å². The summed E-state index contributed by atoms with van der Waals surface area (Å²) in [4.78, 5) is 19.2. The van der Waals surface area contributed by atoms with E-state index in [-0.39, 0.29) is 11.9 Å². The van der Waals surface area contributed by atoms with Gasteiger partial charge in [-0.25, -0.2) is 0 Å². The summed E-state index contributed by atoms with van der Waals surface area (Å²) in [7, 11) is 4.10. The van der Waals surface area contributed by atoms with Crippen molar-refractivity contribution in [2.45, 2.75) is 25.9 Å². The van der Waals surface area contributed by atoms with Gasteiger partial charge in [-0.2, -0.15) is 0 Å². The van der Waals surface area contributed by atoms with E-state index in [1.54, 1.807) is 0 Å². The van der Waals surface area contributed by atoms with Crippen LogP contribution in [0, 0.1) is 0 Å². The standard InChI is InChI=1S/C19H32N4O/c1-16(2)23-12-10-22(11-13-23)15-19(24)20-14-18(21(3)4)17-8-6-5-7-9-17/h5-9,16,18H,10-15H2,1-4H3,(H,20,24). The molecule has 0 aliphatic carbocycles. The zero-order valence-corrected chi connectivity index (χ0v) is 15.5. The summed E-state index contributed by atoms with van der Waals surface area (Å²) in [5, 5.41) is 3.11.